The van der Waals surface area contributed by atoms with Crippen molar-refractivity contribution < 1.29 is 4.74 Å². The van der Waals surface area contributed by atoms with Crippen molar-refractivity contribution >= 4 is 11.6 Å². The summed E-state index contributed by atoms with van der Waals surface area (Å²) in [6, 6.07) is 6.41. The van der Waals surface area contributed by atoms with Gasteiger partial charge in [-0.05, 0) is 48.1 Å². The Hall–Kier alpha value is -0.730. The summed E-state index contributed by atoms with van der Waals surface area (Å²) in [5.41, 5.74) is 1.87. The lowest BCUT2D eigenvalue weighted by molar-refractivity contribution is 0.108. The van der Waals surface area contributed by atoms with Crippen molar-refractivity contribution in [3.8, 4) is 5.75 Å². The molecule has 2 fully saturated rings. The molecule has 2 saturated carbocycles. The summed E-state index contributed by atoms with van der Waals surface area (Å²) in [7, 11) is 1.71. The van der Waals surface area contributed by atoms with Crippen molar-refractivity contribution in [2.75, 3.05) is 7.11 Å². The van der Waals surface area contributed by atoms with E-state index in [1.807, 2.05) is 18.2 Å². The molecule has 3 heteroatoms. The van der Waals surface area contributed by atoms with Gasteiger partial charge in [-0.15, -0.1) is 0 Å². The smallest absolute Gasteiger partial charge is 0.124 e. The highest BCUT2D eigenvalue weighted by molar-refractivity contribution is 6.31. The van der Waals surface area contributed by atoms with E-state index in [1.165, 1.54) is 19.3 Å². The van der Waals surface area contributed by atoms with Crippen LogP contribution in [0, 0.1) is 16.7 Å². The van der Waals surface area contributed by atoms with Crippen LogP contribution in [0.25, 0.3) is 0 Å². The van der Waals surface area contributed by atoms with E-state index in [4.69, 9.17) is 16.3 Å². The molecular weight excluding hydrogens is 282 g/mol. The molecule has 2 bridgehead atoms. The van der Waals surface area contributed by atoms with E-state index in [-0.39, 0.29) is 0 Å². The lowest BCUT2D eigenvalue weighted by atomic mass is 9.68. The van der Waals surface area contributed by atoms with Crippen molar-refractivity contribution in [3.63, 3.8) is 0 Å². The summed E-state index contributed by atoms with van der Waals surface area (Å²) in [6.07, 6.45) is 4.09. The summed E-state index contributed by atoms with van der Waals surface area (Å²) in [5.74, 6) is 1.73. The standard InChI is InChI=1S/C18H26ClNO/c1-17(2)12-8-9-18(3,10-12)16(17)20-11-13-14(19)6-5-7-15(13)21-4/h5-7,12,16,20H,8-11H2,1-4H3/t12-,16?,18+/m0/s1. The first kappa shape index (κ1) is 15.2. The topological polar surface area (TPSA) is 21.3 Å². The summed E-state index contributed by atoms with van der Waals surface area (Å²) in [6.45, 7) is 8.07. The van der Waals surface area contributed by atoms with Crippen LogP contribution in [0.15, 0.2) is 18.2 Å². The highest BCUT2D eigenvalue weighted by atomic mass is 35.5. The lowest BCUT2D eigenvalue weighted by Gasteiger charge is -2.43. The van der Waals surface area contributed by atoms with Gasteiger partial charge in [-0.3, -0.25) is 0 Å². The number of hydrogen-bond acceptors (Lipinski definition) is 2. The Morgan fingerprint density at radius 1 is 1.33 bits per heavy atom. The number of nitrogens with one attached hydrogen (secondary N) is 1. The SMILES string of the molecule is COc1cccc(Cl)c1CNC1C(C)(C)[C@H]2CC[C@]1(C)C2. The molecule has 3 rings (SSSR count). The van der Waals surface area contributed by atoms with Gasteiger partial charge in [-0.25, -0.2) is 0 Å². The van der Waals surface area contributed by atoms with E-state index in [1.54, 1.807) is 7.11 Å². The number of rotatable bonds is 4. The summed E-state index contributed by atoms with van der Waals surface area (Å²) in [4.78, 5) is 0. The molecule has 1 unspecified atom stereocenters. The highest BCUT2D eigenvalue weighted by Gasteiger charge is 2.58. The van der Waals surface area contributed by atoms with Gasteiger partial charge in [0.25, 0.3) is 0 Å². The molecule has 0 amide bonds. The molecule has 2 aliphatic carbocycles. The van der Waals surface area contributed by atoms with Gasteiger partial charge in [0.15, 0.2) is 0 Å². The highest BCUT2D eigenvalue weighted by Crippen LogP contribution is 2.62. The van der Waals surface area contributed by atoms with Crippen molar-refractivity contribution in [3.05, 3.63) is 28.8 Å². The molecule has 3 atom stereocenters. The number of benzene rings is 1. The molecule has 2 nitrogen and oxygen atoms in total. The minimum absolute atomic E-state index is 0.363. The van der Waals surface area contributed by atoms with Gasteiger partial charge >= 0.3 is 0 Å². The molecule has 0 radical (unpaired) electrons. The monoisotopic (exact) mass is 307 g/mol. The molecule has 1 N–H and O–H groups in total. The van der Waals surface area contributed by atoms with Gasteiger partial charge in [0.2, 0.25) is 0 Å². The molecule has 21 heavy (non-hydrogen) atoms. The van der Waals surface area contributed by atoms with Gasteiger partial charge in [0.1, 0.15) is 5.75 Å². The third kappa shape index (κ3) is 2.37. The van der Waals surface area contributed by atoms with Crippen LogP contribution in [0.2, 0.25) is 5.02 Å². The van der Waals surface area contributed by atoms with Crippen LogP contribution in [0.4, 0.5) is 0 Å². The molecule has 0 aromatic heterocycles. The summed E-state index contributed by atoms with van der Waals surface area (Å²) < 4.78 is 5.46. The maximum absolute atomic E-state index is 6.36. The molecular formula is C18H26ClNO. The molecule has 2 aliphatic rings. The largest absolute Gasteiger partial charge is 0.496 e. The fourth-order valence-corrected chi connectivity index (χ4v) is 5.15. The van der Waals surface area contributed by atoms with Crippen LogP contribution < -0.4 is 10.1 Å². The normalized spacial score (nSPS) is 33.4. The van der Waals surface area contributed by atoms with Crippen LogP contribution in [-0.4, -0.2) is 13.2 Å². The van der Waals surface area contributed by atoms with E-state index in [0.29, 0.717) is 16.9 Å². The Labute approximate surface area is 133 Å². The van der Waals surface area contributed by atoms with E-state index < -0.39 is 0 Å². The lowest BCUT2D eigenvalue weighted by Crippen LogP contribution is -2.49. The predicted molar refractivity (Wildman–Crippen MR) is 87.9 cm³/mol. The second-order valence-electron chi connectivity index (χ2n) is 7.65. The van der Waals surface area contributed by atoms with Gasteiger partial charge in [0.05, 0.1) is 7.11 Å². The Kier molecular flexibility index (Phi) is 3.74. The first-order valence-electron chi connectivity index (χ1n) is 7.93. The number of hydrogen-bond donors (Lipinski definition) is 1. The Morgan fingerprint density at radius 2 is 2.10 bits per heavy atom. The van der Waals surface area contributed by atoms with Crippen molar-refractivity contribution in [2.24, 2.45) is 16.7 Å². The molecule has 116 valence electrons. The van der Waals surface area contributed by atoms with Crippen LogP contribution in [0.3, 0.4) is 0 Å². The average Bonchev–Trinajstić information content (AvgIpc) is 2.91. The first-order chi connectivity index (χ1) is 9.88. The Balaban J connectivity index is 1.80. The fraction of sp³-hybridized carbons (Fsp3) is 0.667. The van der Waals surface area contributed by atoms with Crippen LogP contribution in [0.5, 0.6) is 5.75 Å². The van der Waals surface area contributed by atoms with Crippen LogP contribution >= 0.6 is 11.6 Å². The number of methoxy groups -OCH3 is 1. The molecule has 1 aromatic rings. The zero-order valence-corrected chi connectivity index (χ0v) is 14.3. The molecule has 1 aromatic carbocycles. The quantitative estimate of drug-likeness (QED) is 0.874. The molecule has 0 heterocycles. The van der Waals surface area contributed by atoms with Crippen molar-refractivity contribution in [1.82, 2.24) is 5.32 Å². The van der Waals surface area contributed by atoms with E-state index >= 15 is 0 Å². The zero-order valence-electron chi connectivity index (χ0n) is 13.5. The van der Waals surface area contributed by atoms with E-state index in [0.717, 1.165) is 28.8 Å². The van der Waals surface area contributed by atoms with Crippen molar-refractivity contribution in [1.29, 1.82) is 0 Å². The third-order valence-corrected chi connectivity index (χ3v) is 6.40. The maximum Gasteiger partial charge on any atom is 0.124 e. The first-order valence-corrected chi connectivity index (χ1v) is 8.31. The third-order valence-electron chi connectivity index (χ3n) is 6.05. The molecule has 0 saturated heterocycles. The summed E-state index contributed by atoms with van der Waals surface area (Å²) in [5, 5.41) is 4.60. The number of fused-ring (bicyclic) bond motifs is 2. The molecule has 0 aliphatic heterocycles. The Bertz CT molecular complexity index is 537. The fourth-order valence-electron chi connectivity index (χ4n) is 4.92. The van der Waals surface area contributed by atoms with Crippen molar-refractivity contribution in [2.45, 2.75) is 52.6 Å². The van der Waals surface area contributed by atoms with Gasteiger partial charge in [-0.2, -0.15) is 0 Å². The molecule has 0 spiro atoms. The summed E-state index contributed by atoms with van der Waals surface area (Å²) >= 11 is 6.36. The van der Waals surface area contributed by atoms with Crippen LogP contribution in [0.1, 0.15) is 45.6 Å². The minimum Gasteiger partial charge on any atom is -0.496 e. The number of halogens is 1. The van der Waals surface area contributed by atoms with Gasteiger partial charge in [-0.1, -0.05) is 38.4 Å². The van der Waals surface area contributed by atoms with E-state index in [9.17, 15) is 0 Å². The van der Waals surface area contributed by atoms with Crippen LogP contribution in [-0.2, 0) is 6.54 Å². The minimum atomic E-state index is 0.363. The second kappa shape index (κ2) is 5.17. The predicted octanol–water partition coefficient (Wildman–Crippen LogP) is 4.65. The zero-order chi connectivity index (χ0) is 15.3. The van der Waals surface area contributed by atoms with E-state index in [2.05, 4.69) is 26.1 Å². The Morgan fingerprint density at radius 3 is 2.71 bits per heavy atom. The average molecular weight is 308 g/mol. The maximum atomic E-state index is 6.36. The number of ether oxygens (including phenoxy) is 1. The van der Waals surface area contributed by atoms with Gasteiger partial charge in [0, 0.05) is 23.2 Å². The van der Waals surface area contributed by atoms with Gasteiger partial charge < -0.3 is 10.1 Å². The second-order valence-corrected chi connectivity index (χ2v) is 8.06.